The minimum Gasteiger partial charge on any atom is -0.449 e. The van der Waals surface area contributed by atoms with Crippen LogP contribution in [0.25, 0.3) is 0 Å². The van der Waals surface area contributed by atoms with E-state index in [-0.39, 0.29) is 12.0 Å². The summed E-state index contributed by atoms with van der Waals surface area (Å²) in [6.45, 7) is 6.37. The Hall–Kier alpha value is -1.40. The monoisotopic (exact) mass is 279 g/mol. The average molecular weight is 279 g/mol. The molecule has 0 spiro atoms. The number of hydrogen-bond acceptors (Lipinski definition) is 5. The van der Waals surface area contributed by atoms with Crippen LogP contribution in [-0.4, -0.2) is 59.6 Å². The zero-order valence-electron chi connectivity index (χ0n) is 11.9. The van der Waals surface area contributed by atoms with Crippen molar-refractivity contribution in [3.05, 3.63) is 17.8 Å². The maximum absolute atomic E-state index is 12.3. The zero-order chi connectivity index (χ0) is 13.9. The van der Waals surface area contributed by atoms with Gasteiger partial charge in [-0.2, -0.15) is 0 Å². The predicted octanol–water partition coefficient (Wildman–Crippen LogP) is 0.806. The van der Waals surface area contributed by atoms with Gasteiger partial charge in [-0.15, -0.1) is 0 Å². The van der Waals surface area contributed by atoms with Gasteiger partial charge in [-0.3, -0.25) is 9.69 Å². The summed E-state index contributed by atoms with van der Waals surface area (Å²) in [5.41, 5.74) is 0.914. The highest BCUT2D eigenvalue weighted by molar-refractivity contribution is 5.81. The van der Waals surface area contributed by atoms with E-state index in [9.17, 15) is 4.79 Å². The zero-order valence-corrected chi connectivity index (χ0v) is 11.9. The summed E-state index contributed by atoms with van der Waals surface area (Å²) >= 11 is 0. The number of morpholine rings is 1. The first-order chi connectivity index (χ1) is 9.72. The number of amides is 1. The first-order valence-corrected chi connectivity index (χ1v) is 7.26. The molecular weight excluding hydrogens is 258 g/mol. The van der Waals surface area contributed by atoms with Gasteiger partial charge in [0, 0.05) is 39.6 Å². The minimum absolute atomic E-state index is 0.142. The van der Waals surface area contributed by atoms with E-state index < -0.39 is 0 Å². The second kappa shape index (κ2) is 5.93. The van der Waals surface area contributed by atoms with Crippen LogP contribution in [0.4, 0.5) is 0 Å². The molecule has 1 amide bonds. The maximum atomic E-state index is 12.3. The van der Waals surface area contributed by atoms with Crippen molar-refractivity contribution < 1.29 is 13.9 Å². The third kappa shape index (κ3) is 3.02. The van der Waals surface area contributed by atoms with Crippen molar-refractivity contribution >= 4 is 5.91 Å². The average Bonchev–Trinajstić information content (AvgIpc) is 3.10. The van der Waals surface area contributed by atoms with E-state index in [1.165, 1.54) is 0 Å². The fourth-order valence-electron chi connectivity index (χ4n) is 2.85. The molecule has 0 N–H and O–H groups in total. The summed E-state index contributed by atoms with van der Waals surface area (Å²) in [5, 5.41) is 0. The van der Waals surface area contributed by atoms with Gasteiger partial charge in [-0.1, -0.05) is 0 Å². The van der Waals surface area contributed by atoms with Crippen LogP contribution in [0.1, 0.15) is 24.4 Å². The molecule has 110 valence electrons. The van der Waals surface area contributed by atoms with Crippen molar-refractivity contribution in [2.24, 2.45) is 0 Å². The van der Waals surface area contributed by atoms with Gasteiger partial charge in [0.05, 0.1) is 12.3 Å². The van der Waals surface area contributed by atoms with E-state index in [4.69, 9.17) is 9.15 Å². The van der Waals surface area contributed by atoms with E-state index in [0.29, 0.717) is 25.6 Å². The number of carbonyl (C=O) groups is 1. The number of aromatic nitrogens is 1. The molecule has 1 atom stereocenters. The van der Waals surface area contributed by atoms with Crippen molar-refractivity contribution in [3.63, 3.8) is 0 Å². The number of hydrogen-bond donors (Lipinski definition) is 0. The number of likely N-dealkylation sites (tertiary alicyclic amines) is 1. The van der Waals surface area contributed by atoms with Crippen LogP contribution in [-0.2, 0) is 16.1 Å². The molecule has 0 bridgehead atoms. The summed E-state index contributed by atoms with van der Waals surface area (Å²) in [6, 6.07) is 0. The lowest BCUT2D eigenvalue weighted by Gasteiger charge is -2.33. The van der Waals surface area contributed by atoms with Crippen LogP contribution in [0.3, 0.4) is 0 Å². The third-order valence-electron chi connectivity index (χ3n) is 3.90. The van der Waals surface area contributed by atoms with E-state index in [1.54, 1.807) is 6.26 Å². The first-order valence-electron chi connectivity index (χ1n) is 7.26. The molecule has 1 unspecified atom stereocenters. The van der Waals surface area contributed by atoms with Crippen LogP contribution in [0.2, 0.25) is 0 Å². The van der Waals surface area contributed by atoms with Gasteiger partial charge in [-0.05, 0) is 12.8 Å². The topological polar surface area (TPSA) is 58.8 Å². The summed E-state index contributed by atoms with van der Waals surface area (Å²) in [7, 11) is 0. The lowest BCUT2D eigenvalue weighted by atomic mass is 10.2. The van der Waals surface area contributed by atoms with Crippen molar-refractivity contribution in [3.8, 4) is 0 Å². The highest BCUT2D eigenvalue weighted by Gasteiger charge is 2.31. The molecule has 6 heteroatoms. The van der Waals surface area contributed by atoms with Crippen LogP contribution in [0, 0.1) is 6.92 Å². The number of rotatable bonds is 3. The number of nitrogens with zero attached hydrogens (tertiary/aromatic N) is 3. The largest absolute Gasteiger partial charge is 0.449 e. The van der Waals surface area contributed by atoms with Crippen LogP contribution in [0.5, 0.6) is 0 Å². The molecule has 0 radical (unpaired) electrons. The number of oxazole rings is 1. The van der Waals surface area contributed by atoms with Crippen molar-refractivity contribution in [2.45, 2.75) is 32.4 Å². The fraction of sp³-hybridized carbons (Fsp3) is 0.714. The standard InChI is InChI=1S/C14H21N3O3/c1-11-15-12(10-20-11)8-16-6-7-19-13(9-16)14(18)17-4-2-3-5-17/h10,13H,2-9H2,1H3. The molecule has 3 rings (SSSR count). The highest BCUT2D eigenvalue weighted by Crippen LogP contribution is 2.15. The Balaban J connectivity index is 1.57. The molecule has 1 aromatic heterocycles. The Morgan fingerprint density at radius 3 is 2.90 bits per heavy atom. The lowest BCUT2D eigenvalue weighted by molar-refractivity contribution is -0.148. The van der Waals surface area contributed by atoms with Gasteiger partial charge in [0.25, 0.3) is 5.91 Å². The number of ether oxygens (including phenoxy) is 1. The molecule has 0 aliphatic carbocycles. The van der Waals surface area contributed by atoms with Gasteiger partial charge in [0.1, 0.15) is 12.4 Å². The Morgan fingerprint density at radius 1 is 1.40 bits per heavy atom. The van der Waals surface area contributed by atoms with Gasteiger partial charge >= 0.3 is 0 Å². The maximum Gasteiger partial charge on any atom is 0.253 e. The molecule has 20 heavy (non-hydrogen) atoms. The number of carbonyl (C=O) groups excluding carboxylic acids is 1. The predicted molar refractivity (Wildman–Crippen MR) is 72.1 cm³/mol. The van der Waals surface area contributed by atoms with Gasteiger partial charge in [-0.25, -0.2) is 4.98 Å². The molecule has 3 heterocycles. The summed E-state index contributed by atoms with van der Waals surface area (Å²) in [6.07, 6.45) is 3.58. The quantitative estimate of drug-likeness (QED) is 0.819. The normalized spacial score (nSPS) is 24.2. The molecule has 2 saturated heterocycles. The van der Waals surface area contributed by atoms with Gasteiger partial charge < -0.3 is 14.1 Å². The highest BCUT2D eigenvalue weighted by atomic mass is 16.5. The Bertz CT molecular complexity index is 468. The van der Waals surface area contributed by atoms with E-state index >= 15 is 0 Å². The smallest absolute Gasteiger partial charge is 0.253 e. The van der Waals surface area contributed by atoms with Crippen molar-refractivity contribution in [2.75, 3.05) is 32.8 Å². The van der Waals surface area contributed by atoms with Crippen LogP contribution >= 0.6 is 0 Å². The second-order valence-electron chi connectivity index (χ2n) is 5.48. The summed E-state index contributed by atoms with van der Waals surface area (Å²) in [4.78, 5) is 20.8. The molecule has 6 nitrogen and oxygen atoms in total. The summed E-state index contributed by atoms with van der Waals surface area (Å²) < 4.78 is 10.9. The minimum atomic E-state index is -0.324. The first kappa shape index (κ1) is 13.6. The SMILES string of the molecule is Cc1nc(CN2CCOC(C(=O)N3CCCC3)C2)co1. The Kier molecular flexibility index (Phi) is 4.03. The molecule has 0 aromatic carbocycles. The van der Waals surface area contributed by atoms with Gasteiger partial charge in [0.2, 0.25) is 0 Å². The molecule has 2 fully saturated rings. The molecule has 0 saturated carbocycles. The molecular formula is C14H21N3O3. The van der Waals surface area contributed by atoms with Crippen LogP contribution < -0.4 is 0 Å². The third-order valence-corrected chi connectivity index (χ3v) is 3.90. The lowest BCUT2D eigenvalue weighted by Crippen LogP contribution is -2.50. The van der Waals surface area contributed by atoms with E-state index in [0.717, 1.165) is 38.2 Å². The summed E-state index contributed by atoms with van der Waals surface area (Å²) in [5.74, 6) is 0.821. The second-order valence-corrected chi connectivity index (χ2v) is 5.48. The van der Waals surface area contributed by atoms with Crippen molar-refractivity contribution in [1.29, 1.82) is 0 Å². The van der Waals surface area contributed by atoms with E-state index in [1.807, 2.05) is 11.8 Å². The van der Waals surface area contributed by atoms with Crippen molar-refractivity contribution in [1.82, 2.24) is 14.8 Å². The van der Waals surface area contributed by atoms with Crippen LogP contribution in [0.15, 0.2) is 10.7 Å². The Labute approximate surface area is 118 Å². The van der Waals surface area contributed by atoms with Gasteiger partial charge in [0.15, 0.2) is 5.89 Å². The Morgan fingerprint density at radius 2 is 2.20 bits per heavy atom. The fourth-order valence-corrected chi connectivity index (χ4v) is 2.85. The molecule has 2 aliphatic heterocycles. The molecule has 1 aromatic rings. The molecule has 2 aliphatic rings. The van der Waals surface area contributed by atoms with E-state index in [2.05, 4.69) is 9.88 Å². The number of aryl methyl sites for hydroxylation is 1.